The second-order valence-corrected chi connectivity index (χ2v) is 5.62. The first-order valence-corrected chi connectivity index (χ1v) is 7.15. The smallest absolute Gasteiger partial charge is 0.289 e. The number of para-hydroxylation sites is 1. The van der Waals surface area contributed by atoms with Crippen molar-refractivity contribution in [2.75, 3.05) is 7.05 Å². The topological polar surface area (TPSA) is 75.0 Å². The van der Waals surface area contributed by atoms with Crippen molar-refractivity contribution in [3.63, 3.8) is 0 Å². The molecule has 0 fully saturated rings. The van der Waals surface area contributed by atoms with Crippen molar-refractivity contribution in [3.05, 3.63) is 46.1 Å². The average Bonchev–Trinajstić information content (AvgIpc) is 3.05. The summed E-state index contributed by atoms with van der Waals surface area (Å²) in [5.41, 5.74) is 0.669. The van der Waals surface area contributed by atoms with Crippen LogP contribution in [-0.2, 0) is 6.54 Å². The molecule has 21 heavy (non-hydrogen) atoms. The largest absolute Gasteiger partial charge is 0.450 e. The molecule has 0 aliphatic heterocycles. The van der Waals surface area contributed by atoms with E-state index in [4.69, 9.17) is 4.42 Å². The summed E-state index contributed by atoms with van der Waals surface area (Å²) in [6, 6.07) is 7.41. The number of carbonyl (C=O) groups excluding carboxylic acids is 1. The molecule has 0 saturated heterocycles. The maximum Gasteiger partial charge on any atom is 0.289 e. The number of hydrogen-bond acceptors (Lipinski definition) is 4. The molecule has 108 valence electrons. The Morgan fingerprint density at radius 1 is 1.48 bits per heavy atom. The summed E-state index contributed by atoms with van der Waals surface area (Å²) in [5, 5.41) is 7.66. The molecule has 3 rings (SSSR count). The van der Waals surface area contributed by atoms with Crippen LogP contribution < -0.4 is 0 Å². The van der Waals surface area contributed by atoms with Crippen LogP contribution >= 0.6 is 15.9 Å². The van der Waals surface area contributed by atoms with Gasteiger partial charge in [-0.05, 0) is 35.0 Å². The van der Waals surface area contributed by atoms with Gasteiger partial charge in [-0.3, -0.25) is 9.89 Å². The fourth-order valence-electron chi connectivity index (χ4n) is 2.06. The Kier molecular flexibility index (Phi) is 3.50. The molecule has 0 atom stereocenters. The number of hydrogen-bond donors (Lipinski definition) is 1. The first-order chi connectivity index (χ1) is 10.0. The van der Waals surface area contributed by atoms with E-state index < -0.39 is 0 Å². The van der Waals surface area contributed by atoms with E-state index in [9.17, 15) is 4.79 Å². The molecule has 0 radical (unpaired) electrons. The predicted octanol–water partition coefficient (Wildman–Crippen LogP) is 2.89. The number of aromatic amines is 1. The maximum atomic E-state index is 12.4. The summed E-state index contributed by atoms with van der Waals surface area (Å²) in [7, 11) is 1.69. The molecule has 2 heterocycles. The lowest BCUT2D eigenvalue weighted by molar-refractivity contribution is 0.0752. The lowest BCUT2D eigenvalue weighted by Gasteiger charge is -2.12. The monoisotopic (exact) mass is 348 g/mol. The van der Waals surface area contributed by atoms with E-state index in [2.05, 4.69) is 31.1 Å². The van der Waals surface area contributed by atoms with Gasteiger partial charge in [-0.25, -0.2) is 4.98 Å². The van der Waals surface area contributed by atoms with Crippen LogP contribution in [-0.4, -0.2) is 33.0 Å². The van der Waals surface area contributed by atoms with Gasteiger partial charge < -0.3 is 9.32 Å². The minimum atomic E-state index is -0.208. The quantitative estimate of drug-likeness (QED) is 0.789. The standard InChI is InChI=1S/C14H13BrN4O2/c1-8-16-12(18-17-8)7-19(2)14(20)11-6-9-4-3-5-10(15)13(9)21-11/h3-6H,7H2,1-2H3,(H,16,17,18). The summed E-state index contributed by atoms with van der Waals surface area (Å²) in [5.74, 6) is 1.38. The van der Waals surface area contributed by atoms with Gasteiger partial charge in [0.05, 0.1) is 11.0 Å². The second-order valence-electron chi connectivity index (χ2n) is 4.77. The predicted molar refractivity (Wildman–Crippen MR) is 80.8 cm³/mol. The lowest BCUT2D eigenvalue weighted by Crippen LogP contribution is -2.26. The number of halogens is 1. The molecule has 1 amide bonds. The molecule has 0 saturated carbocycles. The Labute approximate surface area is 129 Å². The van der Waals surface area contributed by atoms with Gasteiger partial charge in [-0.1, -0.05) is 12.1 Å². The van der Waals surface area contributed by atoms with Crippen LogP contribution in [0.4, 0.5) is 0 Å². The van der Waals surface area contributed by atoms with Gasteiger partial charge >= 0.3 is 0 Å². The van der Waals surface area contributed by atoms with Crippen molar-refractivity contribution >= 4 is 32.8 Å². The lowest BCUT2D eigenvalue weighted by atomic mass is 10.2. The third-order valence-electron chi connectivity index (χ3n) is 3.08. The Morgan fingerprint density at radius 2 is 2.29 bits per heavy atom. The Bertz CT molecular complexity index is 808. The zero-order valence-electron chi connectivity index (χ0n) is 11.6. The molecule has 7 heteroatoms. The van der Waals surface area contributed by atoms with Crippen LogP contribution in [0.2, 0.25) is 0 Å². The van der Waals surface area contributed by atoms with E-state index >= 15 is 0 Å². The van der Waals surface area contributed by atoms with Crippen molar-refractivity contribution in [1.82, 2.24) is 20.1 Å². The fourth-order valence-corrected chi connectivity index (χ4v) is 2.53. The van der Waals surface area contributed by atoms with Gasteiger partial charge in [0.25, 0.3) is 5.91 Å². The van der Waals surface area contributed by atoms with E-state index in [0.717, 1.165) is 15.7 Å². The number of benzene rings is 1. The summed E-state index contributed by atoms with van der Waals surface area (Å²) in [6.07, 6.45) is 0. The molecule has 0 unspecified atom stereocenters. The van der Waals surface area contributed by atoms with E-state index in [1.54, 1.807) is 13.1 Å². The zero-order valence-corrected chi connectivity index (χ0v) is 13.1. The summed E-state index contributed by atoms with van der Waals surface area (Å²) >= 11 is 3.41. The van der Waals surface area contributed by atoms with Gasteiger partial charge in [-0.15, -0.1) is 0 Å². The number of aromatic nitrogens is 3. The first kappa shape index (κ1) is 13.8. The van der Waals surface area contributed by atoms with Gasteiger partial charge in [0.1, 0.15) is 11.4 Å². The SMILES string of the molecule is Cc1nc(CN(C)C(=O)c2cc3cccc(Br)c3o2)n[nH]1. The number of carbonyl (C=O) groups is 1. The Hall–Kier alpha value is -2.15. The molecule has 0 spiro atoms. The van der Waals surface area contributed by atoms with Crippen molar-refractivity contribution in [3.8, 4) is 0 Å². The minimum absolute atomic E-state index is 0.208. The number of aryl methyl sites for hydroxylation is 1. The molecule has 6 nitrogen and oxygen atoms in total. The summed E-state index contributed by atoms with van der Waals surface area (Å²) in [6.45, 7) is 2.14. The number of nitrogens with one attached hydrogen (secondary N) is 1. The number of H-pyrrole nitrogens is 1. The van der Waals surface area contributed by atoms with Gasteiger partial charge in [0.2, 0.25) is 0 Å². The van der Waals surface area contributed by atoms with E-state index in [-0.39, 0.29) is 5.91 Å². The van der Waals surface area contributed by atoms with Crippen LogP contribution in [0, 0.1) is 6.92 Å². The Morgan fingerprint density at radius 3 is 2.95 bits per heavy atom. The van der Waals surface area contributed by atoms with Crippen molar-refractivity contribution in [2.45, 2.75) is 13.5 Å². The highest BCUT2D eigenvalue weighted by atomic mass is 79.9. The number of rotatable bonds is 3. The second kappa shape index (κ2) is 5.33. The molecule has 1 N–H and O–H groups in total. The molecule has 2 aromatic heterocycles. The number of amides is 1. The fraction of sp³-hybridized carbons (Fsp3) is 0.214. The molecular weight excluding hydrogens is 336 g/mol. The summed E-state index contributed by atoms with van der Waals surface area (Å²) in [4.78, 5) is 18.1. The highest BCUT2D eigenvalue weighted by molar-refractivity contribution is 9.10. The maximum absolute atomic E-state index is 12.4. The number of nitrogens with zero attached hydrogens (tertiary/aromatic N) is 3. The molecule has 0 aliphatic rings. The highest BCUT2D eigenvalue weighted by Gasteiger charge is 2.19. The normalized spacial score (nSPS) is 11.0. The zero-order chi connectivity index (χ0) is 15.0. The average molecular weight is 349 g/mol. The molecule has 0 aliphatic carbocycles. The number of fused-ring (bicyclic) bond motifs is 1. The van der Waals surface area contributed by atoms with Crippen LogP contribution in [0.5, 0.6) is 0 Å². The van der Waals surface area contributed by atoms with E-state index in [1.807, 2.05) is 25.1 Å². The van der Waals surface area contributed by atoms with Crippen molar-refractivity contribution in [2.24, 2.45) is 0 Å². The number of furan rings is 1. The molecule has 1 aromatic carbocycles. The van der Waals surface area contributed by atoms with E-state index in [1.165, 1.54) is 4.90 Å². The molecule has 0 bridgehead atoms. The first-order valence-electron chi connectivity index (χ1n) is 6.36. The van der Waals surface area contributed by atoms with Gasteiger partial charge in [0.15, 0.2) is 11.6 Å². The Balaban J connectivity index is 1.84. The molecular formula is C14H13BrN4O2. The summed E-state index contributed by atoms with van der Waals surface area (Å²) < 4.78 is 6.46. The van der Waals surface area contributed by atoms with Crippen molar-refractivity contribution < 1.29 is 9.21 Å². The molecule has 3 aromatic rings. The van der Waals surface area contributed by atoms with Crippen LogP contribution in [0.3, 0.4) is 0 Å². The third kappa shape index (κ3) is 2.69. The van der Waals surface area contributed by atoms with Crippen LogP contribution in [0.25, 0.3) is 11.0 Å². The van der Waals surface area contributed by atoms with Gasteiger partial charge in [0, 0.05) is 12.4 Å². The minimum Gasteiger partial charge on any atom is -0.450 e. The third-order valence-corrected chi connectivity index (χ3v) is 3.70. The van der Waals surface area contributed by atoms with E-state index in [0.29, 0.717) is 23.7 Å². The van der Waals surface area contributed by atoms with Crippen molar-refractivity contribution in [1.29, 1.82) is 0 Å². The van der Waals surface area contributed by atoms with Crippen LogP contribution in [0.1, 0.15) is 22.2 Å². The van der Waals surface area contributed by atoms with Crippen LogP contribution in [0.15, 0.2) is 33.2 Å². The highest BCUT2D eigenvalue weighted by Crippen LogP contribution is 2.27. The van der Waals surface area contributed by atoms with Gasteiger partial charge in [-0.2, -0.15) is 5.10 Å².